The molecular weight excluding hydrogens is 434 g/mol. The van der Waals surface area contributed by atoms with Crippen molar-refractivity contribution in [3.8, 4) is 17.0 Å². The van der Waals surface area contributed by atoms with Crippen molar-refractivity contribution in [2.45, 2.75) is 6.42 Å². The second-order valence-corrected chi connectivity index (χ2v) is 7.75. The maximum absolute atomic E-state index is 12.7. The van der Waals surface area contributed by atoms with Crippen LogP contribution in [0.2, 0.25) is 5.02 Å². The highest BCUT2D eigenvalue weighted by Gasteiger charge is 2.11. The highest BCUT2D eigenvalue weighted by molar-refractivity contribution is 6.30. The number of amides is 1. The van der Waals surface area contributed by atoms with E-state index in [2.05, 4.69) is 10.3 Å². The van der Waals surface area contributed by atoms with E-state index < -0.39 is 0 Å². The lowest BCUT2D eigenvalue weighted by atomic mass is 10.1. The van der Waals surface area contributed by atoms with Gasteiger partial charge in [-0.2, -0.15) is 0 Å². The topological polar surface area (TPSA) is 64.1 Å². The molecule has 0 spiro atoms. The molecule has 164 valence electrons. The minimum absolute atomic E-state index is 0.182. The van der Waals surface area contributed by atoms with Crippen LogP contribution in [0.25, 0.3) is 23.4 Å². The predicted octanol–water partition coefficient (Wildman–Crippen LogP) is 6.16. The smallest absolute Gasteiger partial charge is 0.230 e. The fraction of sp³-hybridized carbons (Fsp3) is 0.0741. The van der Waals surface area contributed by atoms with Gasteiger partial charge >= 0.3 is 0 Å². The molecule has 0 fully saturated rings. The molecule has 3 aromatic carbocycles. The van der Waals surface area contributed by atoms with Crippen molar-refractivity contribution in [3.05, 3.63) is 107 Å². The van der Waals surface area contributed by atoms with Gasteiger partial charge in [0, 0.05) is 10.6 Å². The molecule has 33 heavy (non-hydrogen) atoms. The number of hydrogen-bond donors (Lipinski definition) is 1. The third kappa shape index (κ3) is 6.05. The quantitative estimate of drug-likeness (QED) is 0.362. The lowest BCUT2D eigenvalue weighted by molar-refractivity contribution is -0.115. The van der Waals surface area contributed by atoms with Crippen LogP contribution < -0.4 is 10.1 Å². The van der Waals surface area contributed by atoms with Gasteiger partial charge in [0.25, 0.3) is 0 Å². The fourth-order valence-electron chi connectivity index (χ4n) is 3.22. The second-order valence-electron chi connectivity index (χ2n) is 7.31. The zero-order chi connectivity index (χ0) is 23.0. The molecule has 0 aliphatic heterocycles. The number of aromatic nitrogens is 2. The standard InChI is InChI=1S/C27H22ClN3O2/c1-33-23-14-10-21(11-15-23)25-18-29-27(24(30-25)16-9-19-5-3-2-4-6-19)31-26(32)17-20-7-12-22(28)13-8-20/h2-16,18H,17H2,1H3,(H,29,31,32)/b16-9+. The Morgan fingerprint density at radius 3 is 2.39 bits per heavy atom. The van der Waals surface area contributed by atoms with Crippen LogP contribution in [0.4, 0.5) is 5.82 Å². The maximum Gasteiger partial charge on any atom is 0.230 e. The summed E-state index contributed by atoms with van der Waals surface area (Å²) < 4.78 is 5.23. The van der Waals surface area contributed by atoms with Gasteiger partial charge in [-0.25, -0.2) is 9.97 Å². The number of benzene rings is 3. The van der Waals surface area contributed by atoms with E-state index in [1.165, 1.54) is 0 Å². The Labute approximate surface area is 197 Å². The summed E-state index contributed by atoms with van der Waals surface area (Å²) in [4.78, 5) is 21.9. The summed E-state index contributed by atoms with van der Waals surface area (Å²) in [6.07, 6.45) is 5.66. The normalized spacial score (nSPS) is 10.8. The van der Waals surface area contributed by atoms with Gasteiger partial charge in [0.15, 0.2) is 5.82 Å². The second kappa shape index (κ2) is 10.6. The van der Waals surface area contributed by atoms with Crippen LogP contribution in [0.1, 0.15) is 16.8 Å². The summed E-state index contributed by atoms with van der Waals surface area (Å²) in [5.41, 5.74) is 4.04. The number of nitrogens with zero attached hydrogens (tertiary/aromatic N) is 2. The number of carbonyl (C=O) groups is 1. The zero-order valence-electron chi connectivity index (χ0n) is 18.0. The van der Waals surface area contributed by atoms with Crippen molar-refractivity contribution >= 4 is 35.5 Å². The molecule has 0 saturated heterocycles. The van der Waals surface area contributed by atoms with Crippen LogP contribution in [0.15, 0.2) is 85.1 Å². The van der Waals surface area contributed by atoms with Gasteiger partial charge in [-0.05, 0) is 53.6 Å². The molecule has 1 amide bonds. The van der Waals surface area contributed by atoms with Gasteiger partial charge in [-0.1, -0.05) is 60.1 Å². The third-order valence-corrected chi connectivity index (χ3v) is 5.21. The van der Waals surface area contributed by atoms with Crippen molar-refractivity contribution in [2.75, 3.05) is 12.4 Å². The Morgan fingerprint density at radius 1 is 0.970 bits per heavy atom. The minimum atomic E-state index is -0.182. The average molecular weight is 456 g/mol. The minimum Gasteiger partial charge on any atom is -0.497 e. The predicted molar refractivity (Wildman–Crippen MR) is 133 cm³/mol. The van der Waals surface area contributed by atoms with Gasteiger partial charge < -0.3 is 10.1 Å². The van der Waals surface area contributed by atoms with E-state index >= 15 is 0 Å². The van der Waals surface area contributed by atoms with Crippen molar-refractivity contribution in [3.63, 3.8) is 0 Å². The number of rotatable bonds is 7. The summed E-state index contributed by atoms with van der Waals surface area (Å²) in [6.45, 7) is 0. The monoisotopic (exact) mass is 455 g/mol. The van der Waals surface area contributed by atoms with E-state index in [0.717, 1.165) is 22.4 Å². The first-order valence-electron chi connectivity index (χ1n) is 10.4. The first-order valence-corrected chi connectivity index (χ1v) is 10.8. The molecule has 1 aromatic heterocycles. The van der Waals surface area contributed by atoms with E-state index in [4.69, 9.17) is 21.3 Å². The molecular formula is C27H22ClN3O2. The number of anilines is 1. The number of nitrogens with one attached hydrogen (secondary N) is 1. The third-order valence-electron chi connectivity index (χ3n) is 4.95. The van der Waals surface area contributed by atoms with Crippen LogP contribution in [-0.4, -0.2) is 23.0 Å². The van der Waals surface area contributed by atoms with Gasteiger partial charge in [0.05, 0.1) is 25.4 Å². The molecule has 4 aromatic rings. The van der Waals surface area contributed by atoms with Crippen molar-refractivity contribution in [2.24, 2.45) is 0 Å². The van der Waals surface area contributed by atoms with Gasteiger partial charge in [-0.3, -0.25) is 4.79 Å². The molecule has 1 heterocycles. The molecule has 0 radical (unpaired) electrons. The summed E-state index contributed by atoms with van der Waals surface area (Å²) in [5.74, 6) is 0.985. The Balaban J connectivity index is 1.61. The summed E-state index contributed by atoms with van der Waals surface area (Å²) in [6, 6.07) is 24.7. The molecule has 1 N–H and O–H groups in total. The Bertz CT molecular complexity index is 1260. The van der Waals surface area contributed by atoms with E-state index in [-0.39, 0.29) is 12.3 Å². The van der Waals surface area contributed by atoms with Crippen LogP contribution in [0.3, 0.4) is 0 Å². The van der Waals surface area contributed by atoms with Gasteiger partial charge in [-0.15, -0.1) is 0 Å². The van der Waals surface area contributed by atoms with Crippen molar-refractivity contribution in [1.29, 1.82) is 0 Å². The summed E-state index contributed by atoms with van der Waals surface area (Å²) in [7, 11) is 1.63. The van der Waals surface area contributed by atoms with Crippen LogP contribution in [-0.2, 0) is 11.2 Å². The fourth-order valence-corrected chi connectivity index (χ4v) is 3.35. The Morgan fingerprint density at radius 2 is 1.70 bits per heavy atom. The molecule has 0 aliphatic rings. The van der Waals surface area contributed by atoms with Crippen LogP contribution in [0, 0.1) is 0 Å². The van der Waals surface area contributed by atoms with E-state index in [0.29, 0.717) is 22.2 Å². The largest absolute Gasteiger partial charge is 0.497 e. The molecule has 0 unspecified atom stereocenters. The molecule has 0 atom stereocenters. The van der Waals surface area contributed by atoms with Gasteiger partial charge in [0.2, 0.25) is 5.91 Å². The first kappa shape index (κ1) is 22.2. The van der Waals surface area contributed by atoms with Crippen LogP contribution in [0.5, 0.6) is 5.75 Å². The van der Waals surface area contributed by atoms with E-state index in [1.54, 1.807) is 25.4 Å². The molecule has 6 heteroatoms. The number of carbonyl (C=O) groups excluding carboxylic acids is 1. The maximum atomic E-state index is 12.7. The summed E-state index contributed by atoms with van der Waals surface area (Å²) in [5, 5.41) is 3.52. The molecule has 0 saturated carbocycles. The van der Waals surface area contributed by atoms with Crippen LogP contribution >= 0.6 is 11.6 Å². The van der Waals surface area contributed by atoms with Crippen molar-refractivity contribution in [1.82, 2.24) is 9.97 Å². The lowest BCUT2D eigenvalue weighted by Gasteiger charge is -2.10. The van der Waals surface area contributed by atoms with Crippen molar-refractivity contribution < 1.29 is 9.53 Å². The highest BCUT2D eigenvalue weighted by Crippen LogP contribution is 2.24. The number of halogens is 1. The number of ether oxygens (including phenoxy) is 1. The molecule has 5 nitrogen and oxygen atoms in total. The molecule has 0 aliphatic carbocycles. The molecule has 4 rings (SSSR count). The molecule has 0 bridgehead atoms. The van der Waals surface area contributed by atoms with E-state index in [9.17, 15) is 4.79 Å². The Kier molecular flexibility index (Phi) is 7.12. The van der Waals surface area contributed by atoms with Gasteiger partial charge in [0.1, 0.15) is 11.4 Å². The average Bonchev–Trinajstić information content (AvgIpc) is 2.85. The summed E-state index contributed by atoms with van der Waals surface area (Å²) >= 11 is 5.93. The highest BCUT2D eigenvalue weighted by atomic mass is 35.5. The lowest BCUT2D eigenvalue weighted by Crippen LogP contribution is -2.16. The number of methoxy groups -OCH3 is 1. The van der Waals surface area contributed by atoms with E-state index in [1.807, 2.05) is 78.9 Å². The zero-order valence-corrected chi connectivity index (χ0v) is 18.8. The number of hydrogen-bond acceptors (Lipinski definition) is 4. The SMILES string of the molecule is COc1ccc(-c2cnc(NC(=O)Cc3ccc(Cl)cc3)c(/C=C/c3ccccc3)n2)cc1. The first-order chi connectivity index (χ1) is 16.1. The Hall–Kier alpha value is -3.96.